The summed E-state index contributed by atoms with van der Waals surface area (Å²) in [7, 11) is 3.81. The maximum Gasteiger partial charge on any atom is 0.295 e. The molecule has 1 saturated heterocycles. The van der Waals surface area contributed by atoms with Crippen LogP contribution in [0.2, 0.25) is 0 Å². The molecule has 4 rings (SSSR count). The zero-order valence-corrected chi connectivity index (χ0v) is 24.1. The largest absolute Gasteiger partial charge is 0.507 e. The number of likely N-dealkylation sites (N-methyl/N-ethyl adjacent to an activating group) is 1. The zero-order chi connectivity index (χ0) is 29.4. The third kappa shape index (κ3) is 7.08. The van der Waals surface area contributed by atoms with E-state index in [1.165, 1.54) is 4.90 Å². The lowest BCUT2D eigenvalue weighted by molar-refractivity contribution is -0.140. The zero-order valence-electron chi connectivity index (χ0n) is 24.1. The monoisotopic (exact) mass is 558 g/mol. The third-order valence-electron chi connectivity index (χ3n) is 6.75. The highest BCUT2D eigenvalue weighted by atomic mass is 16.5. The minimum Gasteiger partial charge on any atom is -0.507 e. The van der Waals surface area contributed by atoms with Crippen LogP contribution in [0.3, 0.4) is 0 Å². The number of likely N-dealkylation sites (tertiary alicyclic amines) is 1. The maximum absolute atomic E-state index is 13.4. The van der Waals surface area contributed by atoms with Gasteiger partial charge in [-0.15, -0.1) is 0 Å². The van der Waals surface area contributed by atoms with E-state index in [-0.39, 0.29) is 11.3 Å². The fraction of sp³-hybridized carbons (Fsp3) is 0.333. The van der Waals surface area contributed by atoms with Crippen molar-refractivity contribution in [3.63, 3.8) is 0 Å². The van der Waals surface area contributed by atoms with Gasteiger partial charge in [0.2, 0.25) is 0 Å². The first-order chi connectivity index (χ1) is 19.8. The fourth-order valence-corrected chi connectivity index (χ4v) is 4.67. The van der Waals surface area contributed by atoms with E-state index in [0.29, 0.717) is 61.3 Å². The van der Waals surface area contributed by atoms with Gasteiger partial charge in [-0.05, 0) is 75.0 Å². The van der Waals surface area contributed by atoms with E-state index in [1.54, 1.807) is 36.4 Å². The Balaban J connectivity index is 1.74. The van der Waals surface area contributed by atoms with Gasteiger partial charge in [-0.25, -0.2) is 0 Å². The second-order valence-electron chi connectivity index (χ2n) is 10.1. The van der Waals surface area contributed by atoms with E-state index in [9.17, 15) is 14.7 Å². The number of hydrogen-bond donors (Lipinski definition) is 1. The van der Waals surface area contributed by atoms with Crippen molar-refractivity contribution in [3.05, 3.63) is 95.1 Å². The second-order valence-corrected chi connectivity index (χ2v) is 10.1. The molecule has 0 saturated carbocycles. The Bertz CT molecular complexity index is 1370. The summed E-state index contributed by atoms with van der Waals surface area (Å²) in [6, 6.07) is 21.3. The van der Waals surface area contributed by atoms with Crippen molar-refractivity contribution in [3.8, 4) is 17.2 Å². The number of carbonyl (C=O) groups excluding carboxylic acids is 2. The van der Waals surface area contributed by atoms with E-state index in [0.717, 1.165) is 12.0 Å². The molecule has 0 bridgehead atoms. The normalized spacial score (nSPS) is 16.3. The van der Waals surface area contributed by atoms with Gasteiger partial charge in [0.15, 0.2) is 11.5 Å². The Kier molecular flexibility index (Phi) is 10.0. The van der Waals surface area contributed by atoms with Crippen LogP contribution in [0.15, 0.2) is 78.4 Å². The molecule has 0 radical (unpaired) electrons. The van der Waals surface area contributed by atoms with Crippen molar-refractivity contribution in [2.24, 2.45) is 0 Å². The summed E-state index contributed by atoms with van der Waals surface area (Å²) in [4.78, 5) is 30.2. The summed E-state index contributed by atoms with van der Waals surface area (Å²) < 4.78 is 17.6. The standard InChI is InChI=1S/C33H38N2O6/c1-5-20-40-26-15-12-24(13-16-26)31(36)29-30(35(19-18-34(3)4)33(38)32(29)37)25-14-17-27(28(21-25)39-6-2)41-22-23-10-8-7-9-11-23/h7-17,21,30,36H,5-6,18-20,22H2,1-4H3. The number of ketones is 1. The number of rotatable bonds is 13. The summed E-state index contributed by atoms with van der Waals surface area (Å²) in [5.41, 5.74) is 2.12. The van der Waals surface area contributed by atoms with Crippen LogP contribution in [-0.4, -0.2) is 67.0 Å². The number of aliphatic hydroxyl groups is 1. The summed E-state index contributed by atoms with van der Waals surface area (Å²) in [6.07, 6.45) is 0.873. The highest BCUT2D eigenvalue weighted by Crippen LogP contribution is 2.42. The van der Waals surface area contributed by atoms with Crippen LogP contribution in [0.4, 0.5) is 0 Å². The van der Waals surface area contributed by atoms with E-state index >= 15 is 0 Å². The summed E-state index contributed by atoms with van der Waals surface area (Å²) >= 11 is 0. The van der Waals surface area contributed by atoms with Crippen LogP contribution in [0.25, 0.3) is 5.76 Å². The van der Waals surface area contributed by atoms with E-state index in [4.69, 9.17) is 14.2 Å². The number of amides is 1. The molecule has 1 N–H and O–H groups in total. The van der Waals surface area contributed by atoms with Gasteiger partial charge in [0.25, 0.3) is 11.7 Å². The number of Topliss-reactive ketones (excluding diaryl/α,β-unsaturated/α-hetero) is 1. The fourth-order valence-electron chi connectivity index (χ4n) is 4.67. The number of aliphatic hydroxyl groups excluding tert-OH is 1. The topological polar surface area (TPSA) is 88.5 Å². The van der Waals surface area contributed by atoms with Gasteiger partial charge in [0.05, 0.1) is 24.8 Å². The molecule has 1 atom stereocenters. The highest BCUT2D eigenvalue weighted by Gasteiger charge is 2.46. The lowest BCUT2D eigenvalue weighted by Crippen LogP contribution is -2.35. The van der Waals surface area contributed by atoms with Gasteiger partial charge >= 0.3 is 0 Å². The molecular weight excluding hydrogens is 520 g/mol. The molecule has 41 heavy (non-hydrogen) atoms. The highest BCUT2D eigenvalue weighted by molar-refractivity contribution is 6.46. The van der Waals surface area contributed by atoms with Gasteiger partial charge < -0.3 is 29.1 Å². The molecule has 1 aliphatic rings. The summed E-state index contributed by atoms with van der Waals surface area (Å²) in [5, 5.41) is 11.4. The van der Waals surface area contributed by atoms with Crippen LogP contribution >= 0.6 is 0 Å². The van der Waals surface area contributed by atoms with E-state index in [1.807, 2.05) is 69.2 Å². The minimum atomic E-state index is -0.798. The van der Waals surface area contributed by atoms with E-state index < -0.39 is 17.7 Å². The third-order valence-corrected chi connectivity index (χ3v) is 6.75. The molecule has 0 aromatic heterocycles. The summed E-state index contributed by atoms with van der Waals surface area (Å²) in [6.45, 7) is 6.09. The average molecular weight is 559 g/mol. The Hall–Kier alpha value is -4.30. The molecule has 0 aliphatic carbocycles. The first-order valence-corrected chi connectivity index (χ1v) is 13.9. The van der Waals surface area contributed by atoms with Crippen molar-refractivity contribution >= 4 is 17.4 Å². The van der Waals surface area contributed by atoms with Crippen molar-refractivity contribution in [2.75, 3.05) is 40.4 Å². The second kappa shape index (κ2) is 13.9. The molecule has 8 heteroatoms. The van der Waals surface area contributed by atoms with Crippen LogP contribution in [0, 0.1) is 0 Å². The van der Waals surface area contributed by atoms with Gasteiger partial charge in [0.1, 0.15) is 18.1 Å². The quantitative estimate of drug-likeness (QED) is 0.170. The molecule has 0 spiro atoms. The molecule has 1 unspecified atom stereocenters. The maximum atomic E-state index is 13.4. The first-order valence-electron chi connectivity index (χ1n) is 13.9. The Labute approximate surface area is 241 Å². The van der Waals surface area contributed by atoms with Gasteiger partial charge in [-0.3, -0.25) is 9.59 Å². The molecular formula is C33H38N2O6. The predicted molar refractivity (Wildman–Crippen MR) is 158 cm³/mol. The molecule has 1 aliphatic heterocycles. The predicted octanol–water partition coefficient (Wildman–Crippen LogP) is 5.44. The summed E-state index contributed by atoms with van der Waals surface area (Å²) in [5.74, 6) is 0.108. The van der Waals surface area contributed by atoms with Crippen molar-refractivity contribution in [1.82, 2.24) is 9.80 Å². The lowest BCUT2D eigenvalue weighted by Gasteiger charge is -2.27. The van der Waals surface area contributed by atoms with Crippen molar-refractivity contribution in [1.29, 1.82) is 0 Å². The number of hydrogen-bond acceptors (Lipinski definition) is 7. The molecule has 1 amide bonds. The Morgan fingerprint density at radius 2 is 1.63 bits per heavy atom. The van der Waals surface area contributed by atoms with Gasteiger partial charge in [-0.1, -0.05) is 43.3 Å². The van der Waals surface area contributed by atoms with Crippen LogP contribution in [0.5, 0.6) is 17.2 Å². The van der Waals surface area contributed by atoms with Gasteiger partial charge in [-0.2, -0.15) is 0 Å². The number of carbonyl (C=O) groups is 2. The van der Waals surface area contributed by atoms with E-state index in [2.05, 4.69) is 0 Å². The first kappa shape index (κ1) is 29.7. The molecule has 3 aromatic carbocycles. The molecule has 216 valence electrons. The SMILES string of the molecule is CCCOc1ccc(C(O)=C2C(=O)C(=O)N(CCN(C)C)C2c2ccc(OCc3ccccc3)c(OCC)c2)cc1. The van der Waals surface area contributed by atoms with Crippen molar-refractivity contribution < 1.29 is 28.9 Å². The Morgan fingerprint density at radius 1 is 0.902 bits per heavy atom. The smallest absolute Gasteiger partial charge is 0.295 e. The average Bonchev–Trinajstić information content (AvgIpc) is 3.24. The van der Waals surface area contributed by atoms with Crippen molar-refractivity contribution in [2.45, 2.75) is 32.9 Å². The van der Waals surface area contributed by atoms with Crippen LogP contribution < -0.4 is 14.2 Å². The lowest BCUT2D eigenvalue weighted by atomic mass is 9.95. The molecule has 1 heterocycles. The van der Waals surface area contributed by atoms with Gasteiger partial charge in [0, 0.05) is 18.7 Å². The number of ether oxygens (including phenoxy) is 3. The number of nitrogens with zero attached hydrogens (tertiary/aromatic N) is 2. The number of benzene rings is 3. The van der Waals surface area contributed by atoms with Crippen LogP contribution in [0.1, 0.15) is 43.0 Å². The molecule has 3 aromatic rings. The Morgan fingerprint density at radius 3 is 2.29 bits per heavy atom. The van der Waals surface area contributed by atoms with Crippen LogP contribution in [-0.2, 0) is 16.2 Å². The molecule has 1 fully saturated rings. The molecule has 8 nitrogen and oxygen atoms in total. The minimum absolute atomic E-state index is 0.0383.